The summed E-state index contributed by atoms with van der Waals surface area (Å²) >= 11 is 0. The van der Waals surface area contributed by atoms with E-state index >= 15 is 0 Å². The fourth-order valence-electron chi connectivity index (χ4n) is 2.03. The van der Waals surface area contributed by atoms with Gasteiger partial charge in [-0.1, -0.05) is 29.8 Å². The molecular weight excluding hydrogens is 241 g/mol. The lowest BCUT2D eigenvalue weighted by Gasteiger charge is -2.20. The van der Waals surface area contributed by atoms with E-state index < -0.39 is 5.82 Å². The maximum Gasteiger partial charge on any atom is 0.260 e. The highest BCUT2D eigenvalue weighted by molar-refractivity contribution is 6.06. The summed E-state index contributed by atoms with van der Waals surface area (Å²) in [7, 11) is 1.66. The first-order valence-electron chi connectivity index (χ1n) is 6.10. The summed E-state index contributed by atoms with van der Waals surface area (Å²) in [5.74, 6) is -0.827. The van der Waals surface area contributed by atoms with Crippen LogP contribution in [0.2, 0.25) is 0 Å². The molecule has 0 atom stereocenters. The minimum atomic E-state index is -0.490. The van der Waals surface area contributed by atoms with E-state index in [2.05, 4.69) is 0 Å². The van der Waals surface area contributed by atoms with Crippen LogP contribution in [0.1, 0.15) is 21.5 Å². The van der Waals surface area contributed by atoms with Crippen molar-refractivity contribution in [2.24, 2.45) is 0 Å². The van der Waals surface area contributed by atoms with Gasteiger partial charge >= 0.3 is 0 Å². The van der Waals surface area contributed by atoms with E-state index in [0.29, 0.717) is 0 Å². The molecule has 0 aliphatic heterocycles. The first kappa shape index (κ1) is 13.3. The molecule has 0 unspecified atom stereocenters. The Hall–Kier alpha value is -2.16. The molecular formula is C16H16FNO. The second-order valence-electron chi connectivity index (χ2n) is 4.63. The zero-order valence-corrected chi connectivity index (χ0v) is 11.3. The smallest absolute Gasteiger partial charge is 0.260 e. The van der Waals surface area contributed by atoms with Gasteiger partial charge in [0.2, 0.25) is 0 Å². The van der Waals surface area contributed by atoms with Gasteiger partial charge in [-0.3, -0.25) is 4.79 Å². The molecule has 2 aromatic carbocycles. The molecule has 98 valence electrons. The van der Waals surface area contributed by atoms with E-state index in [9.17, 15) is 9.18 Å². The normalized spacial score (nSPS) is 10.3. The minimum absolute atomic E-state index is 0.103. The topological polar surface area (TPSA) is 20.3 Å². The average Bonchev–Trinajstić information content (AvgIpc) is 2.40. The number of rotatable bonds is 2. The molecule has 0 saturated heterocycles. The molecule has 2 aromatic rings. The number of aryl methyl sites for hydroxylation is 2. The van der Waals surface area contributed by atoms with Crippen molar-refractivity contribution in [2.75, 3.05) is 11.9 Å². The zero-order valence-electron chi connectivity index (χ0n) is 11.3. The summed E-state index contributed by atoms with van der Waals surface area (Å²) in [4.78, 5) is 13.8. The largest absolute Gasteiger partial charge is 0.311 e. The highest BCUT2D eigenvalue weighted by Crippen LogP contribution is 2.21. The van der Waals surface area contributed by atoms with Crippen LogP contribution in [0.5, 0.6) is 0 Å². The third-order valence-electron chi connectivity index (χ3n) is 3.13. The summed E-state index contributed by atoms with van der Waals surface area (Å²) in [5.41, 5.74) is 2.73. The Balaban J connectivity index is 2.39. The number of amides is 1. The van der Waals surface area contributed by atoms with Crippen LogP contribution >= 0.6 is 0 Å². The van der Waals surface area contributed by atoms with Crippen molar-refractivity contribution in [3.63, 3.8) is 0 Å². The number of nitrogens with zero attached hydrogens (tertiary/aromatic N) is 1. The highest BCUT2D eigenvalue weighted by atomic mass is 19.1. The molecule has 0 spiro atoms. The lowest BCUT2D eigenvalue weighted by atomic mass is 10.1. The molecule has 1 amide bonds. The minimum Gasteiger partial charge on any atom is -0.311 e. The molecule has 0 aromatic heterocycles. The second kappa shape index (κ2) is 5.22. The fraction of sp³-hybridized carbons (Fsp3) is 0.188. The van der Waals surface area contributed by atoms with Crippen LogP contribution in [-0.2, 0) is 0 Å². The molecule has 0 aliphatic rings. The van der Waals surface area contributed by atoms with E-state index in [1.807, 2.05) is 38.1 Å². The van der Waals surface area contributed by atoms with Crippen LogP contribution in [0, 0.1) is 19.7 Å². The van der Waals surface area contributed by atoms with Gasteiger partial charge in [-0.05, 0) is 37.6 Å². The molecule has 0 N–H and O–H groups in total. The molecule has 0 aliphatic carbocycles. The molecule has 0 saturated carbocycles. The summed E-state index contributed by atoms with van der Waals surface area (Å²) in [6, 6.07) is 12.1. The number of halogens is 1. The van der Waals surface area contributed by atoms with Crippen molar-refractivity contribution in [3.8, 4) is 0 Å². The van der Waals surface area contributed by atoms with Gasteiger partial charge in [-0.15, -0.1) is 0 Å². The Labute approximate surface area is 112 Å². The van der Waals surface area contributed by atoms with Crippen molar-refractivity contribution in [2.45, 2.75) is 13.8 Å². The number of hydrogen-bond acceptors (Lipinski definition) is 1. The summed E-state index contributed by atoms with van der Waals surface area (Å²) in [6.07, 6.45) is 0. The Kier molecular flexibility index (Phi) is 3.65. The molecule has 3 heteroatoms. The van der Waals surface area contributed by atoms with Crippen LogP contribution in [-0.4, -0.2) is 13.0 Å². The average molecular weight is 257 g/mol. The molecule has 0 bridgehead atoms. The monoisotopic (exact) mass is 257 g/mol. The molecule has 2 nitrogen and oxygen atoms in total. The summed E-state index contributed by atoms with van der Waals surface area (Å²) in [5, 5.41) is 0. The quantitative estimate of drug-likeness (QED) is 0.803. The zero-order chi connectivity index (χ0) is 14.0. The Bertz CT molecular complexity index is 622. The SMILES string of the molecule is Cc1ccc(F)c(C(=O)N(C)c2ccccc2C)c1. The predicted molar refractivity (Wildman–Crippen MR) is 75.0 cm³/mol. The Morgan fingerprint density at radius 2 is 1.79 bits per heavy atom. The van der Waals surface area contributed by atoms with Gasteiger partial charge in [0.25, 0.3) is 5.91 Å². The van der Waals surface area contributed by atoms with E-state index in [1.54, 1.807) is 19.2 Å². The Morgan fingerprint density at radius 3 is 2.47 bits per heavy atom. The van der Waals surface area contributed by atoms with Crippen molar-refractivity contribution in [1.29, 1.82) is 0 Å². The number of anilines is 1. The van der Waals surface area contributed by atoms with Gasteiger partial charge < -0.3 is 4.90 Å². The van der Waals surface area contributed by atoms with E-state index in [0.717, 1.165) is 16.8 Å². The number of carbonyl (C=O) groups excluding carboxylic acids is 1. The van der Waals surface area contributed by atoms with Gasteiger partial charge in [-0.2, -0.15) is 0 Å². The van der Waals surface area contributed by atoms with Crippen molar-refractivity contribution in [1.82, 2.24) is 0 Å². The van der Waals surface area contributed by atoms with Crippen molar-refractivity contribution in [3.05, 3.63) is 65.0 Å². The van der Waals surface area contributed by atoms with E-state index in [1.165, 1.54) is 11.0 Å². The predicted octanol–water partition coefficient (Wildman–Crippen LogP) is 3.72. The molecule has 2 rings (SSSR count). The first-order chi connectivity index (χ1) is 9.00. The fourth-order valence-corrected chi connectivity index (χ4v) is 2.03. The third kappa shape index (κ3) is 2.65. The number of para-hydroxylation sites is 1. The maximum absolute atomic E-state index is 13.7. The van der Waals surface area contributed by atoms with Gasteiger partial charge in [-0.25, -0.2) is 4.39 Å². The van der Waals surface area contributed by atoms with Crippen molar-refractivity contribution >= 4 is 11.6 Å². The molecule has 0 heterocycles. The number of hydrogen-bond donors (Lipinski definition) is 0. The van der Waals surface area contributed by atoms with Gasteiger partial charge in [0.1, 0.15) is 5.82 Å². The summed E-state index contributed by atoms with van der Waals surface area (Å²) in [6.45, 7) is 3.76. The Morgan fingerprint density at radius 1 is 1.11 bits per heavy atom. The maximum atomic E-state index is 13.7. The van der Waals surface area contributed by atoms with Crippen LogP contribution in [0.25, 0.3) is 0 Å². The molecule has 0 radical (unpaired) electrons. The third-order valence-corrected chi connectivity index (χ3v) is 3.13. The number of benzene rings is 2. The van der Waals surface area contributed by atoms with Gasteiger partial charge in [0, 0.05) is 12.7 Å². The van der Waals surface area contributed by atoms with Crippen molar-refractivity contribution < 1.29 is 9.18 Å². The highest BCUT2D eigenvalue weighted by Gasteiger charge is 2.18. The number of carbonyl (C=O) groups is 1. The van der Waals surface area contributed by atoms with Crippen LogP contribution < -0.4 is 4.90 Å². The van der Waals surface area contributed by atoms with Crippen LogP contribution in [0.3, 0.4) is 0 Å². The lowest BCUT2D eigenvalue weighted by molar-refractivity contribution is 0.0989. The summed E-state index contributed by atoms with van der Waals surface area (Å²) < 4.78 is 13.7. The van der Waals surface area contributed by atoms with Gasteiger partial charge in [0.05, 0.1) is 5.56 Å². The van der Waals surface area contributed by atoms with Crippen LogP contribution in [0.4, 0.5) is 10.1 Å². The standard InChI is InChI=1S/C16H16FNO/c1-11-8-9-14(17)13(10-11)16(19)18(3)15-7-5-4-6-12(15)2/h4-10H,1-3H3. The molecule has 0 fully saturated rings. The lowest BCUT2D eigenvalue weighted by Crippen LogP contribution is -2.27. The van der Waals surface area contributed by atoms with Gasteiger partial charge in [0.15, 0.2) is 0 Å². The van der Waals surface area contributed by atoms with E-state index in [-0.39, 0.29) is 11.5 Å². The van der Waals surface area contributed by atoms with E-state index in [4.69, 9.17) is 0 Å². The molecule has 19 heavy (non-hydrogen) atoms. The first-order valence-corrected chi connectivity index (χ1v) is 6.10. The second-order valence-corrected chi connectivity index (χ2v) is 4.63. The van der Waals surface area contributed by atoms with Crippen LogP contribution in [0.15, 0.2) is 42.5 Å².